The maximum Gasteiger partial charge on any atom is 0.140 e. The van der Waals surface area contributed by atoms with Crippen molar-refractivity contribution in [2.24, 2.45) is 5.73 Å². The van der Waals surface area contributed by atoms with Crippen molar-refractivity contribution in [2.45, 2.75) is 33.9 Å². The zero-order chi connectivity index (χ0) is 13.1. The van der Waals surface area contributed by atoms with Crippen molar-refractivity contribution in [2.75, 3.05) is 0 Å². The lowest BCUT2D eigenvalue weighted by Crippen LogP contribution is -2.00. The molecule has 0 aliphatic carbocycles. The predicted octanol–water partition coefficient (Wildman–Crippen LogP) is 3.11. The monoisotopic (exact) mass is 262 g/mol. The number of benzene rings is 1. The molecule has 0 atom stereocenters. The second-order valence-corrected chi connectivity index (χ2v) is 5.37. The van der Waals surface area contributed by atoms with Gasteiger partial charge in [0.05, 0.1) is 5.69 Å². The number of hydrogen-bond donors (Lipinski definition) is 1. The Labute approximate surface area is 112 Å². The molecule has 3 nitrogen and oxygen atoms in total. The average molecular weight is 262 g/mol. The van der Waals surface area contributed by atoms with Crippen molar-refractivity contribution in [1.29, 1.82) is 0 Å². The molecule has 0 radical (unpaired) electrons. The Bertz CT molecular complexity index is 549. The fourth-order valence-corrected chi connectivity index (χ4v) is 2.46. The van der Waals surface area contributed by atoms with E-state index in [1.807, 2.05) is 5.38 Å². The first-order valence-corrected chi connectivity index (χ1v) is 6.82. The summed E-state index contributed by atoms with van der Waals surface area (Å²) in [6, 6.07) is 4.24. The van der Waals surface area contributed by atoms with Crippen LogP contribution in [-0.4, -0.2) is 4.98 Å². The van der Waals surface area contributed by atoms with Crippen LogP contribution in [0.25, 0.3) is 0 Å². The van der Waals surface area contributed by atoms with E-state index in [0.717, 1.165) is 22.0 Å². The summed E-state index contributed by atoms with van der Waals surface area (Å²) in [6.07, 6.45) is 0. The van der Waals surface area contributed by atoms with Crippen molar-refractivity contribution >= 4 is 11.3 Å². The van der Waals surface area contributed by atoms with Crippen LogP contribution in [0.15, 0.2) is 17.5 Å². The van der Waals surface area contributed by atoms with E-state index in [4.69, 9.17) is 10.5 Å². The molecule has 1 aromatic carbocycles. The molecule has 18 heavy (non-hydrogen) atoms. The molecule has 0 aliphatic heterocycles. The Morgan fingerprint density at radius 2 is 1.89 bits per heavy atom. The van der Waals surface area contributed by atoms with Crippen molar-refractivity contribution in [3.63, 3.8) is 0 Å². The van der Waals surface area contributed by atoms with E-state index in [-0.39, 0.29) is 0 Å². The lowest BCUT2D eigenvalue weighted by molar-refractivity contribution is 0.303. The Balaban J connectivity index is 2.08. The number of nitrogens with two attached hydrogens (primary N) is 1. The highest BCUT2D eigenvalue weighted by Gasteiger charge is 2.05. The van der Waals surface area contributed by atoms with E-state index in [9.17, 15) is 0 Å². The fraction of sp³-hybridized carbons (Fsp3) is 0.357. The number of rotatable bonds is 4. The third kappa shape index (κ3) is 2.89. The van der Waals surface area contributed by atoms with Gasteiger partial charge >= 0.3 is 0 Å². The van der Waals surface area contributed by atoms with Gasteiger partial charge in [-0.15, -0.1) is 11.3 Å². The van der Waals surface area contributed by atoms with E-state index in [1.54, 1.807) is 11.3 Å². The molecule has 96 valence electrons. The number of ether oxygens (including phenoxy) is 1. The highest BCUT2D eigenvalue weighted by atomic mass is 32.1. The van der Waals surface area contributed by atoms with Gasteiger partial charge in [0.25, 0.3) is 0 Å². The van der Waals surface area contributed by atoms with Crippen LogP contribution in [0.5, 0.6) is 5.75 Å². The molecule has 1 heterocycles. The first kappa shape index (κ1) is 13.1. The molecule has 0 saturated carbocycles. The minimum Gasteiger partial charge on any atom is -0.486 e. The Morgan fingerprint density at radius 3 is 2.56 bits per heavy atom. The van der Waals surface area contributed by atoms with Crippen LogP contribution in [0, 0.1) is 20.8 Å². The fourth-order valence-electron chi connectivity index (χ4n) is 1.74. The number of thiazole rings is 1. The van der Waals surface area contributed by atoms with Gasteiger partial charge in [0.15, 0.2) is 0 Å². The minimum atomic E-state index is 0.485. The molecule has 2 aromatic rings. The van der Waals surface area contributed by atoms with E-state index in [0.29, 0.717) is 13.2 Å². The van der Waals surface area contributed by atoms with Crippen molar-refractivity contribution < 1.29 is 4.74 Å². The predicted molar refractivity (Wildman–Crippen MR) is 75.0 cm³/mol. The summed E-state index contributed by atoms with van der Waals surface area (Å²) >= 11 is 1.59. The van der Waals surface area contributed by atoms with Gasteiger partial charge in [-0.1, -0.05) is 6.07 Å². The third-order valence-corrected chi connectivity index (χ3v) is 3.82. The number of hydrogen-bond acceptors (Lipinski definition) is 4. The molecule has 2 N–H and O–H groups in total. The minimum absolute atomic E-state index is 0.485. The summed E-state index contributed by atoms with van der Waals surface area (Å²) in [5.41, 5.74) is 10.2. The van der Waals surface area contributed by atoms with Crippen molar-refractivity contribution in [3.8, 4) is 5.75 Å². The van der Waals surface area contributed by atoms with Crippen molar-refractivity contribution in [1.82, 2.24) is 4.98 Å². The molecule has 2 rings (SSSR count). The first-order chi connectivity index (χ1) is 8.60. The number of aryl methyl sites for hydroxylation is 3. The van der Waals surface area contributed by atoms with Crippen LogP contribution in [0.3, 0.4) is 0 Å². The molecule has 0 spiro atoms. The van der Waals surface area contributed by atoms with E-state index < -0.39 is 0 Å². The van der Waals surface area contributed by atoms with Crippen LogP contribution in [-0.2, 0) is 13.2 Å². The molecule has 0 saturated heterocycles. The number of nitrogens with zero attached hydrogens (tertiary/aromatic N) is 1. The van der Waals surface area contributed by atoms with Crippen LogP contribution in [0.2, 0.25) is 0 Å². The Kier molecular flexibility index (Phi) is 3.99. The van der Waals surface area contributed by atoms with Gasteiger partial charge in [-0.05, 0) is 43.5 Å². The summed E-state index contributed by atoms with van der Waals surface area (Å²) in [6.45, 7) is 7.26. The lowest BCUT2D eigenvalue weighted by Gasteiger charge is -2.10. The SMILES string of the molecule is Cc1cc(C)c(OCc2nc(CN)cs2)cc1C. The van der Waals surface area contributed by atoms with E-state index in [1.165, 1.54) is 11.1 Å². The molecular formula is C14H18N2OS. The first-order valence-electron chi connectivity index (χ1n) is 5.94. The normalized spacial score (nSPS) is 10.7. The molecule has 0 unspecified atom stereocenters. The average Bonchev–Trinajstić information content (AvgIpc) is 2.80. The molecule has 1 aromatic heterocycles. The maximum atomic E-state index is 5.82. The Hall–Kier alpha value is -1.39. The largest absolute Gasteiger partial charge is 0.486 e. The zero-order valence-corrected chi connectivity index (χ0v) is 11.8. The van der Waals surface area contributed by atoms with Crippen LogP contribution in [0.1, 0.15) is 27.4 Å². The topological polar surface area (TPSA) is 48.1 Å². The summed E-state index contributed by atoms with van der Waals surface area (Å²) in [5, 5.41) is 2.94. The van der Waals surface area contributed by atoms with Crippen LogP contribution in [0.4, 0.5) is 0 Å². The molecule has 0 fully saturated rings. The maximum absolute atomic E-state index is 5.82. The molecule has 0 bridgehead atoms. The number of aromatic nitrogens is 1. The van der Waals surface area contributed by atoms with Crippen LogP contribution < -0.4 is 10.5 Å². The second-order valence-electron chi connectivity index (χ2n) is 4.43. The van der Waals surface area contributed by atoms with Gasteiger partial charge in [-0.3, -0.25) is 0 Å². The van der Waals surface area contributed by atoms with E-state index >= 15 is 0 Å². The highest BCUT2D eigenvalue weighted by Crippen LogP contribution is 2.23. The van der Waals surface area contributed by atoms with Crippen LogP contribution >= 0.6 is 11.3 Å². The summed E-state index contributed by atoms with van der Waals surface area (Å²) in [4.78, 5) is 4.38. The standard InChI is InChI=1S/C14H18N2OS/c1-9-4-11(3)13(5-10(9)2)17-7-14-16-12(6-15)8-18-14/h4-5,8H,6-7,15H2,1-3H3. The van der Waals surface area contributed by atoms with Gasteiger partial charge in [-0.2, -0.15) is 0 Å². The molecule has 0 amide bonds. The van der Waals surface area contributed by atoms with Gasteiger partial charge in [0.2, 0.25) is 0 Å². The smallest absolute Gasteiger partial charge is 0.140 e. The third-order valence-electron chi connectivity index (χ3n) is 2.95. The second kappa shape index (κ2) is 5.50. The summed E-state index contributed by atoms with van der Waals surface area (Å²) in [5.74, 6) is 0.933. The molecule has 4 heteroatoms. The Morgan fingerprint density at radius 1 is 1.17 bits per heavy atom. The molecular weight excluding hydrogens is 244 g/mol. The molecule has 0 aliphatic rings. The lowest BCUT2D eigenvalue weighted by atomic mass is 10.1. The van der Waals surface area contributed by atoms with Gasteiger partial charge < -0.3 is 10.5 Å². The zero-order valence-electron chi connectivity index (χ0n) is 11.0. The summed E-state index contributed by atoms with van der Waals surface area (Å²) < 4.78 is 5.82. The van der Waals surface area contributed by atoms with Gasteiger partial charge in [-0.25, -0.2) is 4.98 Å². The van der Waals surface area contributed by atoms with Gasteiger partial charge in [0, 0.05) is 11.9 Å². The highest BCUT2D eigenvalue weighted by molar-refractivity contribution is 7.09. The van der Waals surface area contributed by atoms with Crippen molar-refractivity contribution in [3.05, 3.63) is 44.9 Å². The van der Waals surface area contributed by atoms with Gasteiger partial charge in [0.1, 0.15) is 17.4 Å². The quantitative estimate of drug-likeness (QED) is 0.921. The van der Waals surface area contributed by atoms with E-state index in [2.05, 4.69) is 37.9 Å². The summed E-state index contributed by atoms with van der Waals surface area (Å²) in [7, 11) is 0.